The van der Waals surface area contributed by atoms with Crippen LogP contribution in [0.1, 0.15) is 33.1 Å². The first-order valence-corrected chi connectivity index (χ1v) is 5.15. The highest BCUT2D eigenvalue weighted by molar-refractivity contribution is 5.74. The molecule has 3 nitrogen and oxygen atoms in total. The predicted octanol–water partition coefficient (Wildman–Crippen LogP) is 2.31. The van der Waals surface area contributed by atoms with Crippen molar-refractivity contribution in [3.05, 3.63) is 12.7 Å². The molecule has 1 atom stereocenters. The van der Waals surface area contributed by atoms with Crippen LogP contribution in [0.5, 0.6) is 0 Å². The molecule has 0 amide bonds. The molecular formula is C11H20O3. The molecule has 0 aromatic rings. The molecule has 0 aliphatic carbocycles. The molecule has 0 bridgehead atoms. The third-order valence-electron chi connectivity index (χ3n) is 1.79. The summed E-state index contributed by atoms with van der Waals surface area (Å²) in [5.41, 5.74) is 0. The van der Waals surface area contributed by atoms with Gasteiger partial charge >= 0.3 is 5.97 Å². The van der Waals surface area contributed by atoms with Crippen LogP contribution in [0.15, 0.2) is 12.7 Å². The molecule has 0 fully saturated rings. The van der Waals surface area contributed by atoms with Gasteiger partial charge < -0.3 is 9.47 Å². The number of unbranched alkanes of at least 4 members (excludes halogenated alkanes) is 1. The molecule has 0 heterocycles. The lowest BCUT2D eigenvalue weighted by Gasteiger charge is -2.13. The fourth-order valence-corrected chi connectivity index (χ4v) is 1.04. The van der Waals surface area contributed by atoms with Gasteiger partial charge in [0.2, 0.25) is 0 Å². The summed E-state index contributed by atoms with van der Waals surface area (Å²) in [7, 11) is 0. The van der Waals surface area contributed by atoms with Crippen LogP contribution in [-0.2, 0) is 14.3 Å². The molecule has 0 spiro atoms. The highest BCUT2D eigenvalue weighted by Gasteiger charge is 2.17. The average Bonchev–Trinajstić information content (AvgIpc) is 2.18. The van der Waals surface area contributed by atoms with E-state index in [1.165, 1.54) is 0 Å². The molecule has 0 aliphatic heterocycles. The largest absolute Gasteiger partial charge is 0.464 e. The van der Waals surface area contributed by atoms with Crippen LogP contribution < -0.4 is 0 Å². The number of ether oxygens (including phenoxy) is 2. The third kappa shape index (κ3) is 5.75. The van der Waals surface area contributed by atoms with Crippen molar-refractivity contribution in [2.75, 3.05) is 13.2 Å². The van der Waals surface area contributed by atoms with Crippen LogP contribution in [0, 0.1) is 0 Å². The fraction of sp³-hybridized carbons (Fsp3) is 0.727. The van der Waals surface area contributed by atoms with Crippen molar-refractivity contribution < 1.29 is 14.3 Å². The number of rotatable bonds is 8. The van der Waals surface area contributed by atoms with Crippen LogP contribution in [0.25, 0.3) is 0 Å². The van der Waals surface area contributed by atoms with Gasteiger partial charge in [0.1, 0.15) is 0 Å². The summed E-state index contributed by atoms with van der Waals surface area (Å²) in [5.74, 6) is -0.256. The van der Waals surface area contributed by atoms with E-state index in [2.05, 4.69) is 6.58 Å². The topological polar surface area (TPSA) is 35.5 Å². The summed E-state index contributed by atoms with van der Waals surface area (Å²) in [6.07, 6.45) is 3.92. The summed E-state index contributed by atoms with van der Waals surface area (Å²) < 4.78 is 10.3. The van der Waals surface area contributed by atoms with Gasteiger partial charge in [0.25, 0.3) is 0 Å². The molecule has 3 heteroatoms. The molecule has 1 unspecified atom stereocenters. The molecule has 0 aliphatic rings. The van der Waals surface area contributed by atoms with Gasteiger partial charge in [-0.2, -0.15) is 0 Å². The lowest BCUT2D eigenvalue weighted by atomic mass is 10.2. The smallest absolute Gasteiger partial charge is 0.335 e. The Morgan fingerprint density at radius 1 is 1.50 bits per heavy atom. The van der Waals surface area contributed by atoms with E-state index >= 15 is 0 Å². The Labute approximate surface area is 86.1 Å². The Kier molecular flexibility index (Phi) is 8.24. The SMILES string of the molecule is C=CCCCOC(CC)C(=O)OCC. The van der Waals surface area contributed by atoms with Crippen molar-refractivity contribution in [2.45, 2.75) is 39.2 Å². The zero-order valence-corrected chi connectivity index (χ0v) is 9.12. The van der Waals surface area contributed by atoms with Crippen molar-refractivity contribution in [1.29, 1.82) is 0 Å². The minimum Gasteiger partial charge on any atom is -0.464 e. The van der Waals surface area contributed by atoms with Gasteiger partial charge in [-0.05, 0) is 26.2 Å². The Morgan fingerprint density at radius 3 is 2.71 bits per heavy atom. The molecule has 0 rings (SSSR count). The maximum atomic E-state index is 11.3. The zero-order chi connectivity index (χ0) is 10.8. The van der Waals surface area contributed by atoms with E-state index in [-0.39, 0.29) is 5.97 Å². The molecule has 0 radical (unpaired) electrons. The molecule has 82 valence electrons. The first-order chi connectivity index (χ1) is 6.76. The second-order valence-corrected chi connectivity index (χ2v) is 2.95. The molecular weight excluding hydrogens is 180 g/mol. The Morgan fingerprint density at radius 2 is 2.21 bits per heavy atom. The minimum atomic E-state index is -0.403. The second-order valence-electron chi connectivity index (χ2n) is 2.95. The normalized spacial score (nSPS) is 12.1. The van der Waals surface area contributed by atoms with E-state index < -0.39 is 6.10 Å². The minimum absolute atomic E-state index is 0.256. The van der Waals surface area contributed by atoms with Gasteiger partial charge in [-0.3, -0.25) is 0 Å². The number of esters is 1. The molecule has 0 N–H and O–H groups in total. The monoisotopic (exact) mass is 200 g/mol. The van der Waals surface area contributed by atoms with Crippen molar-refractivity contribution in [1.82, 2.24) is 0 Å². The maximum absolute atomic E-state index is 11.3. The van der Waals surface area contributed by atoms with Crippen LogP contribution in [-0.4, -0.2) is 25.3 Å². The van der Waals surface area contributed by atoms with E-state index in [0.29, 0.717) is 19.6 Å². The molecule has 0 aromatic heterocycles. The molecule has 0 saturated heterocycles. The fourth-order valence-electron chi connectivity index (χ4n) is 1.04. The van der Waals surface area contributed by atoms with Crippen molar-refractivity contribution in [2.24, 2.45) is 0 Å². The summed E-state index contributed by atoms with van der Waals surface area (Å²) >= 11 is 0. The summed E-state index contributed by atoms with van der Waals surface area (Å²) in [4.78, 5) is 11.3. The highest BCUT2D eigenvalue weighted by Crippen LogP contribution is 2.03. The first kappa shape index (κ1) is 13.2. The Hall–Kier alpha value is -0.830. The number of carbonyl (C=O) groups is 1. The van der Waals surface area contributed by atoms with E-state index in [4.69, 9.17) is 9.47 Å². The van der Waals surface area contributed by atoms with Crippen molar-refractivity contribution >= 4 is 5.97 Å². The zero-order valence-electron chi connectivity index (χ0n) is 9.12. The third-order valence-corrected chi connectivity index (χ3v) is 1.79. The second kappa shape index (κ2) is 8.75. The first-order valence-electron chi connectivity index (χ1n) is 5.15. The van der Waals surface area contributed by atoms with E-state index in [1.54, 1.807) is 6.92 Å². The molecule has 0 aromatic carbocycles. The Balaban J connectivity index is 3.66. The summed E-state index contributed by atoms with van der Waals surface area (Å²) in [6, 6.07) is 0. The standard InChI is InChI=1S/C11H20O3/c1-4-7-8-9-14-10(5-2)11(12)13-6-3/h4,10H,1,5-9H2,2-3H3. The summed E-state index contributed by atoms with van der Waals surface area (Å²) in [6.45, 7) is 8.32. The van der Waals surface area contributed by atoms with Crippen LogP contribution in [0.2, 0.25) is 0 Å². The van der Waals surface area contributed by atoms with E-state index in [1.807, 2.05) is 13.0 Å². The van der Waals surface area contributed by atoms with Gasteiger partial charge in [-0.25, -0.2) is 4.79 Å². The van der Waals surface area contributed by atoms with Gasteiger partial charge in [-0.15, -0.1) is 6.58 Å². The maximum Gasteiger partial charge on any atom is 0.335 e. The van der Waals surface area contributed by atoms with Crippen LogP contribution in [0.4, 0.5) is 0 Å². The molecule has 14 heavy (non-hydrogen) atoms. The van der Waals surface area contributed by atoms with Gasteiger partial charge in [0, 0.05) is 6.61 Å². The van der Waals surface area contributed by atoms with Crippen molar-refractivity contribution in [3.63, 3.8) is 0 Å². The quantitative estimate of drug-likeness (QED) is 0.342. The summed E-state index contributed by atoms with van der Waals surface area (Å²) in [5, 5.41) is 0. The van der Waals surface area contributed by atoms with E-state index in [0.717, 1.165) is 12.8 Å². The average molecular weight is 200 g/mol. The number of hydrogen-bond acceptors (Lipinski definition) is 3. The predicted molar refractivity (Wildman–Crippen MR) is 56.1 cm³/mol. The van der Waals surface area contributed by atoms with Gasteiger partial charge in [0.15, 0.2) is 6.10 Å². The van der Waals surface area contributed by atoms with Crippen LogP contribution >= 0.6 is 0 Å². The number of hydrogen-bond donors (Lipinski definition) is 0. The van der Waals surface area contributed by atoms with E-state index in [9.17, 15) is 4.79 Å². The Bertz CT molecular complexity index is 166. The number of allylic oxidation sites excluding steroid dienone is 1. The lowest BCUT2D eigenvalue weighted by molar-refractivity contribution is -0.156. The lowest BCUT2D eigenvalue weighted by Crippen LogP contribution is -2.26. The van der Waals surface area contributed by atoms with Crippen LogP contribution in [0.3, 0.4) is 0 Å². The van der Waals surface area contributed by atoms with Gasteiger partial charge in [-0.1, -0.05) is 13.0 Å². The number of carbonyl (C=O) groups excluding carboxylic acids is 1. The molecule has 0 saturated carbocycles. The van der Waals surface area contributed by atoms with Crippen molar-refractivity contribution in [3.8, 4) is 0 Å². The van der Waals surface area contributed by atoms with Gasteiger partial charge in [0.05, 0.1) is 6.61 Å². The highest BCUT2D eigenvalue weighted by atomic mass is 16.6.